The highest BCUT2D eigenvalue weighted by Crippen LogP contribution is 2.37. The van der Waals surface area contributed by atoms with E-state index in [1.165, 1.54) is 9.47 Å². The fourth-order valence-electron chi connectivity index (χ4n) is 5.71. The number of benzene rings is 3. The monoisotopic (exact) mass is 637 g/mol. The summed E-state index contributed by atoms with van der Waals surface area (Å²) in [7, 11) is 0. The molecule has 0 radical (unpaired) electrons. The van der Waals surface area contributed by atoms with Crippen molar-refractivity contribution in [3.8, 4) is 5.75 Å². The molecule has 2 aliphatic heterocycles. The molecule has 1 aromatic heterocycles. The zero-order chi connectivity index (χ0) is 32.4. The van der Waals surface area contributed by atoms with Gasteiger partial charge in [0, 0.05) is 11.1 Å². The van der Waals surface area contributed by atoms with E-state index >= 15 is 0 Å². The topological polar surface area (TPSA) is 116 Å². The maximum atomic E-state index is 14.5. The molecule has 6 rings (SSSR count). The van der Waals surface area contributed by atoms with Gasteiger partial charge in [0.25, 0.3) is 11.5 Å². The second-order valence-electron chi connectivity index (χ2n) is 10.3. The van der Waals surface area contributed by atoms with Crippen molar-refractivity contribution in [3.05, 3.63) is 121 Å². The molecule has 0 fully saturated rings. The number of aromatic nitrogens is 1. The molecule has 3 aromatic carbocycles. The standard InChI is InChI=1S/C35H31N3O7S/c1-4-43-23-18-16-22(17-19-23)30-28(34(42)45-6-3)29(21-12-8-7-9-13-21)36-35-38(30)33(41)31(46-35)27-24-14-10-11-15-25(24)37(32(27)40)20-26(39)44-5-2/h7-19,30H,4-6,20H2,1-3H3/b31-27-/t30-/m0/s1. The Bertz CT molecular complexity index is 2050. The van der Waals surface area contributed by atoms with E-state index in [4.69, 9.17) is 19.2 Å². The van der Waals surface area contributed by atoms with Gasteiger partial charge in [-0.15, -0.1) is 0 Å². The summed E-state index contributed by atoms with van der Waals surface area (Å²) >= 11 is 1.07. The number of esters is 2. The van der Waals surface area contributed by atoms with Gasteiger partial charge < -0.3 is 14.2 Å². The number of nitrogens with zero attached hydrogens (tertiary/aromatic N) is 3. The Hall–Kier alpha value is -5.29. The third-order valence-electron chi connectivity index (χ3n) is 7.60. The van der Waals surface area contributed by atoms with Crippen LogP contribution in [0.15, 0.2) is 94.2 Å². The first-order valence-corrected chi connectivity index (χ1v) is 15.8. The Kier molecular flexibility index (Phi) is 8.67. The van der Waals surface area contributed by atoms with Crippen LogP contribution in [-0.4, -0.2) is 48.8 Å². The second-order valence-corrected chi connectivity index (χ2v) is 11.3. The van der Waals surface area contributed by atoms with Crippen LogP contribution in [-0.2, 0) is 23.9 Å². The molecule has 10 nitrogen and oxygen atoms in total. The van der Waals surface area contributed by atoms with Crippen molar-refractivity contribution >= 4 is 46.1 Å². The minimum atomic E-state index is -0.919. The number of anilines is 1. The molecule has 4 aromatic rings. The lowest BCUT2D eigenvalue weighted by Gasteiger charge is -2.26. The highest BCUT2D eigenvalue weighted by atomic mass is 32.1. The minimum Gasteiger partial charge on any atom is -0.494 e. The summed E-state index contributed by atoms with van der Waals surface area (Å²) in [5, 5.41) is 0. The van der Waals surface area contributed by atoms with E-state index in [2.05, 4.69) is 0 Å². The molecular formula is C35H31N3O7S. The number of carbonyl (C=O) groups is 3. The molecule has 2 aliphatic rings. The first-order valence-electron chi connectivity index (χ1n) is 15.0. The van der Waals surface area contributed by atoms with Crippen LogP contribution >= 0.6 is 11.3 Å². The molecule has 1 atom stereocenters. The molecule has 0 aliphatic carbocycles. The van der Waals surface area contributed by atoms with Crippen molar-refractivity contribution in [1.29, 1.82) is 0 Å². The van der Waals surface area contributed by atoms with E-state index in [1.807, 2.05) is 37.3 Å². The first kappa shape index (κ1) is 30.7. The SMILES string of the molecule is CCOC(=O)CN1C(=O)/C(=c2\sc3n(c2=O)[C@@H](c2ccc(OCC)cc2)C(C(=O)OCC)=C(c2ccccc2)N=3)c2ccccc21. The number of fused-ring (bicyclic) bond motifs is 2. The highest BCUT2D eigenvalue weighted by Gasteiger charge is 2.39. The lowest BCUT2D eigenvalue weighted by molar-refractivity contribution is -0.142. The van der Waals surface area contributed by atoms with Crippen LogP contribution in [0.2, 0.25) is 0 Å². The van der Waals surface area contributed by atoms with Crippen LogP contribution < -0.4 is 24.5 Å². The van der Waals surface area contributed by atoms with Crippen molar-refractivity contribution in [2.24, 2.45) is 4.99 Å². The molecule has 0 unspecified atom stereocenters. The number of hydrogen-bond acceptors (Lipinski definition) is 9. The van der Waals surface area contributed by atoms with Gasteiger partial charge in [0.15, 0.2) is 4.80 Å². The fraction of sp³-hybridized carbons (Fsp3) is 0.229. The largest absolute Gasteiger partial charge is 0.494 e. The van der Waals surface area contributed by atoms with Crippen LogP contribution in [0, 0.1) is 0 Å². The van der Waals surface area contributed by atoms with Crippen LogP contribution in [0.25, 0.3) is 11.3 Å². The normalized spacial score (nSPS) is 16.5. The van der Waals surface area contributed by atoms with Crippen LogP contribution in [0.1, 0.15) is 43.5 Å². The number of ether oxygens (including phenoxy) is 3. The van der Waals surface area contributed by atoms with Crippen molar-refractivity contribution in [1.82, 2.24) is 4.57 Å². The molecule has 11 heteroatoms. The average molecular weight is 638 g/mol. The summed E-state index contributed by atoms with van der Waals surface area (Å²) in [6, 6.07) is 22.5. The van der Waals surface area contributed by atoms with Gasteiger partial charge in [0.2, 0.25) is 0 Å². The summed E-state index contributed by atoms with van der Waals surface area (Å²) in [5.41, 5.74) is 2.57. The maximum absolute atomic E-state index is 14.5. The number of carbonyl (C=O) groups excluding carboxylic acids is 3. The van der Waals surface area contributed by atoms with Crippen molar-refractivity contribution in [2.75, 3.05) is 31.3 Å². The van der Waals surface area contributed by atoms with Gasteiger partial charge in [0.05, 0.1) is 48.4 Å². The van der Waals surface area contributed by atoms with Gasteiger partial charge in [-0.1, -0.05) is 72.0 Å². The zero-order valence-electron chi connectivity index (χ0n) is 25.5. The minimum absolute atomic E-state index is 0.122. The van der Waals surface area contributed by atoms with Gasteiger partial charge >= 0.3 is 11.9 Å². The van der Waals surface area contributed by atoms with Gasteiger partial charge in [-0.2, -0.15) is 0 Å². The van der Waals surface area contributed by atoms with Gasteiger partial charge in [-0.05, 0) is 44.5 Å². The molecule has 3 heterocycles. The van der Waals surface area contributed by atoms with Crippen LogP contribution in [0.4, 0.5) is 5.69 Å². The Morgan fingerprint density at radius 1 is 0.848 bits per heavy atom. The molecule has 1 amide bonds. The van der Waals surface area contributed by atoms with Gasteiger partial charge in [-0.25, -0.2) is 9.79 Å². The first-order chi connectivity index (χ1) is 22.4. The lowest BCUT2D eigenvalue weighted by Crippen LogP contribution is -2.41. The average Bonchev–Trinajstić information content (AvgIpc) is 3.53. The van der Waals surface area contributed by atoms with Gasteiger partial charge in [-0.3, -0.25) is 23.9 Å². The Labute approximate surface area is 268 Å². The Morgan fingerprint density at radius 3 is 2.24 bits per heavy atom. The third-order valence-corrected chi connectivity index (χ3v) is 8.65. The van der Waals surface area contributed by atoms with Crippen molar-refractivity contribution in [2.45, 2.75) is 26.8 Å². The summed E-state index contributed by atoms with van der Waals surface area (Å²) in [6.45, 7) is 5.77. The van der Waals surface area contributed by atoms with E-state index in [1.54, 1.807) is 62.4 Å². The maximum Gasteiger partial charge on any atom is 0.338 e. The van der Waals surface area contributed by atoms with E-state index < -0.39 is 29.4 Å². The number of para-hydroxylation sites is 1. The molecule has 0 saturated heterocycles. The predicted molar refractivity (Wildman–Crippen MR) is 173 cm³/mol. The van der Waals surface area contributed by atoms with Crippen LogP contribution in [0.3, 0.4) is 0 Å². The molecule has 0 bridgehead atoms. The summed E-state index contributed by atoms with van der Waals surface area (Å²) in [5.74, 6) is -1.02. The summed E-state index contributed by atoms with van der Waals surface area (Å²) < 4.78 is 17.9. The fourth-order valence-corrected chi connectivity index (χ4v) is 6.80. The Balaban J connectivity index is 1.64. The number of hydrogen-bond donors (Lipinski definition) is 0. The second kappa shape index (κ2) is 13.0. The molecule has 0 N–H and O–H groups in total. The predicted octanol–water partition coefficient (Wildman–Crippen LogP) is 3.61. The number of rotatable bonds is 9. The zero-order valence-corrected chi connectivity index (χ0v) is 26.3. The smallest absolute Gasteiger partial charge is 0.338 e. The summed E-state index contributed by atoms with van der Waals surface area (Å²) in [6.07, 6.45) is 0. The third kappa shape index (κ3) is 5.43. The highest BCUT2D eigenvalue weighted by molar-refractivity contribution is 7.07. The molecule has 46 heavy (non-hydrogen) atoms. The molecule has 0 spiro atoms. The van der Waals surface area contributed by atoms with Crippen LogP contribution in [0.5, 0.6) is 5.75 Å². The van der Waals surface area contributed by atoms with Crippen molar-refractivity contribution < 1.29 is 28.6 Å². The van der Waals surface area contributed by atoms with E-state index in [0.717, 1.165) is 11.3 Å². The van der Waals surface area contributed by atoms with Gasteiger partial charge in [0.1, 0.15) is 16.8 Å². The molecular weight excluding hydrogens is 606 g/mol. The molecule has 234 valence electrons. The lowest BCUT2D eigenvalue weighted by atomic mass is 9.93. The van der Waals surface area contributed by atoms with E-state index in [9.17, 15) is 19.2 Å². The number of thiazole rings is 1. The van der Waals surface area contributed by atoms with Crippen molar-refractivity contribution in [3.63, 3.8) is 0 Å². The number of amides is 1. The van der Waals surface area contributed by atoms with E-state index in [0.29, 0.717) is 45.2 Å². The summed E-state index contributed by atoms with van der Waals surface area (Å²) in [4.78, 5) is 61.2. The quantitative estimate of drug-likeness (QED) is 0.258. The molecule has 0 saturated carbocycles. The Morgan fingerprint density at radius 2 is 1.54 bits per heavy atom. The van der Waals surface area contributed by atoms with E-state index in [-0.39, 0.29) is 35.4 Å².